The molecule has 0 radical (unpaired) electrons. The van der Waals surface area contributed by atoms with Crippen LogP contribution in [0.5, 0.6) is 0 Å². The van der Waals surface area contributed by atoms with Crippen LogP contribution in [0.1, 0.15) is 37.3 Å². The van der Waals surface area contributed by atoms with Crippen LogP contribution in [0, 0.1) is 0 Å². The van der Waals surface area contributed by atoms with E-state index in [1.54, 1.807) is 0 Å². The van der Waals surface area contributed by atoms with E-state index in [4.69, 9.17) is 4.74 Å². The zero-order valence-corrected chi connectivity index (χ0v) is 12.2. The lowest BCUT2D eigenvalue weighted by Crippen LogP contribution is -2.14. The molecule has 0 amide bonds. The van der Waals surface area contributed by atoms with Crippen LogP contribution in [0.2, 0.25) is 0 Å². The molecule has 1 aromatic carbocycles. The number of carbonyl (C=O) groups excluding carboxylic acids is 1. The quantitative estimate of drug-likeness (QED) is 0.607. The lowest BCUT2D eigenvalue weighted by molar-refractivity contribution is 0.124. The van der Waals surface area contributed by atoms with Gasteiger partial charge in [-0.3, -0.25) is 0 Å². The summed E-state index contributed by atoms with van der Waals surface area (Å²) in [6, 6.07) is 8.48. The van der Waals surface area contributed by atoms with Gasteiger partial charge in [-0.2, -0.15) is 4.79 Å². The van der Waals surface area contributed by atoms with E-state index >= 15 is 0 Å². The second-order valence-corrected chi connectivity index (χ2v) is 5.03. The van der Waals surface area contributed by atoms with Gasteiger partial charge in [0.1, 0.15) is 11.9 Å². The lowest BCUT2D eigenvalue weighted by Gasteiger charge is -2.16. The minimum Gasteiger partial charge on any atom is -0.423 e. The van der Waals surface area contributed by atoms with E-state index in [1.165, 1.54) is 11.1 Å². The molecule has 4 heteroatoms. The van der Waals surface area contributed by atoms with E-state index in [2.05, 4.69) is 56.4 Å². The Morgan fingerprint density at radius 2 is 1.88 bits per heavy atom. The molecule has 0 saturated heterocycles. The van der Waals surface area contributed by atoms with E-state index in [0.717, 1.165) is 12.2 Å². The van der Waals surface area contributed by atoms with Gasteiger partial charge in [0.05, 0.1) is 12.6 Å². The predicted molar refractivity (Wildman–Crippen MR) is 79.4 cm³/mol. The number of hydrogen-bond acceptors (Lipinski definition) is 2. The van der Waals surface area contributed by atoms with Gasteiger partial charge in [-0.25, -0.2) is 0 Å². The molecule has 1 rings (SSSR count). The molecular weight excluding hydrogens is 252 g/mol. The molecule has 0 N–H and O–H groups in total. The monoisotopic (exact) mass is 272 g/mol. The van der Waals surface area contributed by atoms with Crippen molar-refractivity contribution >= 4 is 30.6 Å². The number of ether oxygens (including phenoxy) is 1. The standard InChI is InChI=1S/C13H18O2S2/c1-9(7-10(2)15-13(14)17)12-5-3-11(8-16)4-6-12/h3-6,9-10,16H,7-8H2,1-2H3,(H,14,17)/p+2. The molecule has 0 fully saturated rings. The molecule has 2 atom stereocenters. The van der Waals surface area contributed by atoms with Crippen molar-refractivity contribution in [1.29, 1.82) is 0 Å². The molecule has 0 aliphatic heterocycles. The van der Waals surface area contributed by atoms with Crippen molar-refractivity contribution in [1.82, 2.24) is 0 Å². The first-order valence-electron chi connectivity index (χ1n) is 5.68. The summed E-state index contributed by atoms with van der Waals surface area (Å²) in [5, 5.41) is -0.404. The summed E-state index contributed by atoms with van der Waals surface area (Å²) < 4.78 is 5.05. The Morgan fingerprint density at radius 3 is 2.35 bits per heavy atom. The zero-order valence-electron chi connectivity index (χ0n) is 10.2. The Kier molecular flexibility index (Phi) is 5.92. The van der Waals surface area contributed by atoms with Crippen LogP contribution in [-0.2, 0) is 35.7 Å². The van der Waals surface area contributed by atoms with Gasteiger partial charge in [0.2, 0.25) is 0 Å². The molecule has 0 saturated carbocycles. The summed E-state index contributed by atoms with van der Waals surface area (Å²) in [6.45, 7) is 4.04. The van der Waals surface area contributed by atoms with Crippen molar-refractivity contribution in [2.24, 2.45) is 0 Å². The van der Waals surface area contributed by atoms with Crippen LogP contribution in [-0.4, -0.2) is 11.4 Å². The maximum atomic E-state index is 10.7. The fourth-order valence-corrected chi connectivity index (χ4v) is 2.27. The highest BCUT2D eigenvalue weighted by Gasteiger charge is 2.15. The summed E-state index contributed by atoms with van der Waals surface area (Å²) in [4.78, 5) is 10.7. The maximum Gasteiger partial charge on any atom is 0.520 e. The lowest BCUT2D eigenvalue weighted by atomic mass is 9.95. The average molecular weight is 272 g/mol. The van der Waals surface area contributed by atoms with Gasteiger partial charge in [0, 0.05) is 5.56 Å². The fourth-order valence-electron chi connectivity index (χ4n) is 1.83. The maximum absolute atomic E-state index is 10.7. The van der Waals surface area contributed by atoms with Crippen molar-refractivity contribution in [2.45, 2.75) is 38.0 Å². The van der Waals surface area contributed by atoms with Crippen LogP contribution in [0.25, 0.3) is 0 Å². The van der Waals surface area contributed by atoms with E-state index in [0.29, 0.717) is 5.92 Å². The fraction of sp³-hybridized carbons (Fsp3) is 0.462. The van der Waals surface area contributed by atoms with Gasteiger partial charge in [0.15, 0.2) is 0 Å². The van der Waals surface area contributed by atoms with Gasteiger partial charge in [-0.15, -0.1) is 0 Å². The van der Waals surface area contributed by atoms with Gasteiger partial charge < -0.3 is 4.74 Å². The number of carbonyl (C=O) groups is 1. The van der Waals surface area contributed by atoms with Gasteiger partial charge >= 0.3 is 5.30 Å². The first-order valence-corrected chi connectivity index (χ1v) is 6.89. The molecule has 17 heavy (non-hydrogen) atoms. The molecule has 0 aliphatic carbocycles. The Hall–Kier alpha value is -0.610. The van der Waals surface area contributed by atoms with Gasteiger partial charge in [0.25, 0.3) is 0 Å². The first-order chi connectivity index (χ1) is 8.02. The van der Waals surface area contributed by atoms with Gasteiger partial charge in [-0.05, 0) is 37.5 Å². The molecule has 0 bridgehead atoms. The van der Waals surface area contributed by atoms with E-state index in [9.17, 15) is 4.79 Å². The number of benzene rings is 1. The van der Waals surface area contributed by atoms with Crippen molar-refractivity contribution in [3.63, 3.8) is 0 Å². The van der Waals surface area contributed by atoms with Crippen molar-refractivity contribution in [3.05, 3.63) is 35.4 Å². The van der Waals surface area contributed by atoms with E-state index < -0.39 is 5.30 Å². The highest BCUT2D eigenvalue weighted by molar-refractivity contribution is 7.76. The number of hydrogen-bond donors (Lipinski definition) is 0. The smallest absolute Gasteiger partial charge is 0.423 e. The summed E-state index contributed by atoms with van der Waals surface area (Å²) in [7, 11) is 0. The third kappa shape index (κ3) is 5.04. The van der Waals surface area contributed by atoms with Crippen LogP contribution in [0.15, 0.2) is 24.3 Å². The van der Waals surface area contributed by atoms with Crippen molar-refractivity contribution < 1.29 is 9.53 Å². The Labute approximate surface area is 114 Å². The summed E-state index contributed by atoms with van der Waals surface area (Å²) >= 11 is 6.29. The Balaban J connectivity index is 2.56. The molecule has 1 aromatic rings. The predicted octanol–water partition coefficient (Wildman–Crippen LogP) is 2.23. The molecule has 0 heterocycles. The second kappa shape index (κ2) is 6.97. The van der Waals surface area contributed by atoms with Crippen LogP contribution >= 0.6 is 0 Å². The molecule has 94 valence electrons. The molecular formula is C13H20O2S2+2. The second-order valence-electron chi connectivity index (χ2n) is 4.27. The molecule has 0 aliphatic rings. The minimum atomic E-state index is -0.404. The van der Waals surface area contributed by atoms with Crippen LogP contribution in [0.3, 0.4) is 0 Å². The van der Waals surface area contributed by atoms with Crippen molar-refractivity contribution in [3.8, 4) is 0 Å². The SMILES string of the molecule is CC(CC(C)c1ccc(C[SH2+])cc1)OC(=O)[SH2+]. The summed E-state index contributed by atoms with van der Waals surface area (Å²) in [6.07, 6.45) is 0.745. The topological polar surface area (TPSA) is 26.3 Å². The minimum absolute atomic E-state index is 0.0783. The largest absolute Gasteiger partial charge is 0.520 e. The van der Waals surface area contributed by atoms with E-state index in [-0.39, 0.29) is 6.10 Å². The molecule has 2 unspecified atom stereocenters. The summed E-state index contributed by atoms with van der Waals surface area (Å²) in [5.74, 6) is 1.24. The van der Waals surface area contributed by atoms with E-state index in [1.807, 2.05) is 6.92 Å². The first kappa shape index (κ1) is 14.5. The normalized spacial score (nSPS) is 14.1. The Bertz CT molecular complexity index is 362. The van der Waals surface area contributed by atoms with Crippen LogP contribution in [0.4, 0.5) is 4.79 Å². The highest BCUT2D eigenvalue weighted by Crippen LogP contribution is 2.22. The highest BCUT2D eigenvalue weighted by atomic mass is 32.1. The third-order valence-electron chi connectivity index (χ3n) is 2.75. The molecule has 2 nitrogen and oxygen atoms in total. The van der Waals surface area contributed by atoms with Gasteiger partial charge in [-0.1, -0.05) is 31.2 Å². The Morgan fingerprint density at radius 1 is 1.29 bits per heavy atom. The summed E-state index contributed by atoms with van der Waals surface area (Å²) in [5.41, 5.74) is 2.53. The van der Waals surface area contributed by atoms with Crippen LogP contribution < -0.4 is 0 Å². The number of rotatable bonds is 5. The van der Waals surface area contributed by atoms with Crippen molar-refractivity contribution in [2.75, 3.05) is 0 Å². The average Bonchev–Trinajstić information content (AvgIpc) is 2.28. The zero-order chi connectivity index (χ0) is 12.8. The molecule has 0 aromatic heterocycles. The molecule has 0 spiro atoms. The third-order valence-corrected chi connectivity index (χ3v) is 3.27.